The van der Waals surface area contributed by atoms with Gasteiger partial charge in [-0.1, -0.05) is 74.7 Å². The highest BCUT2D eigenvalue weighted by Crippen LogP contribution is 2.45. The van der Waals surface area contributed by atoms with Gasteiger partial charge in [0, 0.05) is 0 Å². The summed E-state index contributed by atoms with van der Waals surface area (Å²) in [7, 11) is -3.19. The van der Waals surface area contributed by atoms with Crippen LogP contribution in [0.1, 0.15) is 38.2 Å². The van der Waals surface area contributed by atoms with E-state index in [1.807, 2.05) is 72.8 Å². The lowest BCUT2D eigenvalue weighted by Crippen LogP contribution is -2.20. The van der Waals surface area contributed by atoms with Gasteiger partial charge in [-0.15, -0.1) is 0 Å². The Morgan fingerprint density at radius 1 is 0.704 bits per heavy atom. The van der Waals surface area contributed by atoms with Gasteiger partial charge in [0.05, 0.1) is 10.6 Å². The summed E-state index contributed by atoms with van der Waals surface area (Å²) in [4.78, 5) is 0. The molecule has 0 radical (unpaired) electrons. The molecule has 0 N–H and O–H groups in total. The van der Waals surface area contributed by atoms with Crippen LogP contribution in [0, 0.1) is 0 Å². The first kappa shape index (κ1) is 19.5. The summed E-state index contributed by atoms with van der Waals surface area (Å²) in [5.74, 6) is 0.642. The van der Waals surface area contributed by atoms with Crippen LogP contribution in [0.4, 0.5) is 0 Å². The average molecular weight is 378 g/mol. The van der Waals surface area contributed by atoms with Gasteiger partial charge in [0.15, 0.2) is 0 Å². The van der Waals surface area contributed by atoms with E-state index in [1.54, 1.807) is 0 Å². The molecular weight excluding hydrogens is 351 g/mol. The highest BCUT2D eigenvalue weighted by molar-refractivity contribution is 7.74. The maximum absolute atomic E-state index is 13.9. The van der Waals surface area contributed by atoms with E-state index in [9.17, 15) is 4.57 Å². The molecule has 3 rings (SSSR count). The SMILES string of the molecule is CCCCCCc1ccc(OP(=O)(c2ccccc2)c2ccccc2)cc1. The van der Waals surface area contributed by atoms with E-state index in [-0.39, 0.29) is 0 Å². The monoisotopic (exact) mass is 378 g/mol. The zero-order valence-corrected chi connectivity index (χ0v) is 16.8. The van der Waals surface area contributed by atoms with Crippen LogP contribution in [0.3, 0.4) is 0 Å². The predicted molar refractivity (Wildman–Crippen MR) is 115 cm³/mol. The van der Waals surface area contributed by atoms with Gasteiger partial charge in [0.1, 0.15) is 5.75 Å². The molecule has 0 aliphatic carbocycles. The van der Waals surface area contributed by atoms with E-state index in [4.69, 9.17) is 4.52 Å². The van der Waals surface area contributed by atoms with Crippen LogP contribution in [0.25, 0.3) is 0 Å². The maximum Gasteiger partial charge on any atom is 0.306 e. The Kier molecular flexibility index (Phi) is 6.90. The smallest absolute Gasteiger partial charge is 0.306 e. The van der Waals surface area contributed by atoms with Crippen molar-refractivity contribution < 1.29 is 9.09 Å². The topological polar surface area (TPSA) is 26.3 Å². The van der Waals surface area contributed by atoms with E-state index in [0.29, 0.717) is 16.4 Å². The molecule has 0 fully saturated rings. The summed E-state index contributed by atoms with van der Waals surface area (Å²) in [6, 6.07) is 27.0. The van der Waals surface area contributed by atoms with E-state index in [1.165, 1.54) is 31.2 Å². The number of rotatable bonds is 9. The van der Waals surface area contributed by atoms with Gasteiger partial charge in [0.25, 0.3) is 0 Å². The van der Waals surface area contributed by atoms with Gasteiger partial charge in [-0.2, -0.15) is 0 Å². The Morgan fingerprint density at radius 3 is 1.78 bits per heavy atom. The molecule has 0 saturated carbocycles. The second kappa shape index (κ2) is 9.58. The Labute approximate surface area is 162 Å². The number of benzene rings is 3. The summed E-state index contributed by atoms with van der Waals surface area (Å²) in [5.41, 5.74) is 1.30. The Balaban J connectivity index is 1.80. The first-order chi connectivity index (χ1) is 13.2. The fourth-order valence-corrected chi connectivity index (χ4v) is 5.18. The molecule has 0 aromatic heterocycles. The quantitative estimate of drug-likeness (QED) is 0.331. The second-order valence-corrected chi connectivity index (χ2v) is 9.09. The van der Waals surface area contributed by atoms with E-state index >= 15 is 0 Å². The summed E-state index contributed by atoms with van der Waals surface area (Å²) in [5, 5.41) is 1.42. The lowest BCUT2D eigenvalue weighted by Gasteiger charge is -2.20. The Bertz CT molecular complexity index is 814. The summed E-state index contributed by atoms with van der Waals surface area (Å²) < 4.78 is 20.0. The fourth-order valence-electron chi connectivity index (χ4n) is 3.12. The molecule has 140 valence electrons. The van der Waals surface area contributed by atoms with Gasteiger partial charge in [-0.3, -0.25) is 4.57 Å². The number of hydrogen-bond donors (Lipinski definition) is 0. The van der Waals surface area contributed by atoms with Crippen LogP contribution in [0.2, 0.25) is 0 Å². The molecule has 0 amide bonds. The molecule has 3 heteroatoms. The first-order valence-corrected chi connectivity index (χ1v) is 11.3. The molecule has 0 unspecified atom stereocenters. The fraction of sp³-hybridized carbons (Fsp3) is 0.250. The van der Waals surface area contributed by atoms with Gasteiger partial charge in [-0.25, -0.2) is 0 Å². The van der Waals surface area contributed by atoms with Crippen molar-refractivity contribution in [2.75, 3.05) is 0 Å². The van der Waals surface area contributed by atoms with Crippen molar-refractivity contribution in [1.29, 1.82) is 0 Å². The third-order valence-electron chi connectivity index (χ3n) is 4.67. The summed E-state index contributed by atoms with van der Waals surface area (Å²) in [6.45, 7) is 2.23. The van der Waals surface area contributed by atoms with Gasteiger partial charge >= 0.3 is 7.37 Å². The third kappa shape index (κ3) is 5.11. The standard InChI is InChI=1S/C24H27O2P/c1-2-3-4-7-12-21-17-19-22(20-18-21)26-27(25,23-13-8-5-9-14-23)24-15-10-6-11-16-24/h5-6,8-11,13-20H,2-4,7,12H2,1H3. The molecule has 0 saturated heterocycles. The van der Waals surface area contributed by atoms with Crippen LogP contribution >= 0.6 is 7.37 Å². The zero-order valence-electron chi connectivity index (χ0n) is 15.9. The summed E-state index contributed by atoms with van der Waals surface area (Å²) >= 11 is 0. The van der Waals surface area contributed by atoms with E-state index in [0.717, 1.165) is 6.42 Å². The lowest BCUT2D eigenvalue weighted by atomic mass is 10.1. The van der Waals surface area contributed by atoms with Crippen LogP contribution in [0.15, 0.2) is 84.9 Å². The molecule has 0 heterocycles. The van der Waals surface area contributed by atoms with Crippen LogP contribution in [-0.4, -0.2) is 0 Å². The molecule has 0 aliphatic heterocycles. The molecule has 27 heavy (non-hydrogen) atoms. The summed E-state index contributed by atoms with van der Waals surface area (Å²) in [6.07, 6.45) is 6.10. The van der Waals surface area contributed by atoms with Crippen LogP contribution in [-0.2, 0) is 11.0 Å². The predicted octanol–water partition coefficient (Wildman–Crippen LogP) is 6.12. The second-order valence-electron chi connectivity index (χ2n) is 6.77. The number of hydrogen-bond acceptors (Lipinski definition) is 2. The number of unbranched alkanes of at least 4 members (excludes halogenated alkanes) is 3. The Hall–Kier alpha value is -2.31. The van der Waals surface area contributed by atoms with E-state index in [2.05, 4.69) is 19.1 Å². The molecule has 0 atom stereocenters. The average Bonchev–Trinajstić information content (AvgIpc) is 2.73. The minimum atomic E-state index is -3.19. The molecule has 2 nitrogen and oxygen atoms in total. The van der Waals surface area contributed by atoms with Gasteiger partial charge in [0.2, 0.25) is 0 Å². The first-order valence-electron chi connectivity index (χ1n) is 9.72. The molecule has 3 aromatic rings. The lowest BCUT2D eigenvalue weighted by molar-refractivity contribution is 0.502. The highest BCUT2D eigenvalue weighted by Gasteiger charge is 2.29. The van der Waals surface area contributed by atoms with Crippen molar-refractivity contribution in [1.82, 2.24) is 0 Å². The molecule has 3 aromatic carbocycles. The largest absolute Gasteiger partial charge is 0.437 e. The molecule has 0 aliphatic rings. The number of aryl methyl sites for hydroxylation is 1. The molecular formula is C24H27O2P. The van der Waals surface area contributed by atoms with Crippen molar-refractivity contribution in [2.24, 2.45) is 0 Å². The van der Waals surface area contributed by atoms with Crippen LogP contribution < -0.4 is 15.1 Å². The van der Waals surface area contributed by atoms with Crippen LogP contribution in [0.5, 0.6) is 5.75 Å². The van der Waals surface area contributed by atoms with Crippen molar-refractivity contribution in [3.05, 3.63) is 90.5 Å². The van der Waals surface area contributed by atoms with Gasteiger partial charge in [-0.05, 0) is 54.8 Å². The maximum atomic E-state index is 13.9. The normalized spacial score (nSPS) is 11.3. The third-order valence-corrected chi connectivity index (χ3v) is 7.09. The van der Waals surface area contributed by atoms with E-state index < -0.39 is 7.37 Å². The van der Waals surface area contributed by atoms with Crippen molar-refractivity contribution in [3.8, 4) is 5.75 Å². The minimum absolute atomic E-state index is 0.642. The van der Waals surface area contributed by atoms with Crippen molar-refractivity contribution in [3.63, 3.8) is 0 Å². The zero-order chi connectivity index (χ0) is 19.0. The Morgan fingerprint density at radius 2 is 1.26 bits per heavy atom. The minimum Gasteiger partial charge on any atom is -0.437 e. The van der Waals surface area contributed by atoms with Crippen molar-refractivity contribution >= 4 is 18.0 Å². The van der Waals surface area contributed by atoms with Gasteiger partial charge < -0.3 is 4.52 Å². The molecule has 0 bridgehead atoms. The molecule has 0 spiro atoms. The highest BCUT2D eigenvalue weighted by atomic mass is 31.2. The van der Waals surface area contributed by atoms with Crippen molar-refractivity contribution in [2.45, 2.75) is 39.0 Å².